The van der Waals surface area contributed by atoms with Gasteiger partial charge in [0.1, 0.15) is 6.04 Å². The van der Waals surface area contributed by atoms with Crippen LogP contribution in [0.5, 0.6) is 0 Å². The van der Waals surface area contributed by atoms with Crippen molar-refractivity contribution in [3.05, 3.63) is 0 Å². The van der Waals surface area contributed by atoms with Crippen LogP contribution in [0.15, 0.2) is 0 Å². The van der Waals surface area contributed by atoms with Gasteiger partial charge in [0.05, 0.1) is 19.4 Å². The second kappa shape index (κ2) is 1.56. The van der Waals surface area contributed by atoms with E-state index in [0.717, 1.165) is 29.7 Å². The van der Waals surface area contributed by atoms with Gasteiger partial charge >= 0.3 is 0 Å². The van der Waals surface area contributed by atoms with E-state index in [1.165, 1.54) is 17.3 Å². The second-order valence-electron chi connectivity index (χ2n) is 4.30. The van der Waals surface area contributed by atoms with Gasteiger partial charge in [0.25, 0.3) is 0 Å². The summed E-state index contributed by atoms with van der Waals surface area (Å²) in [6.45, 7) is 3.76. The molecule has 0 radical (unpaired) electrons. The fraction of sp³-hybridized carbons (Fsp3) is 1.00. The van der Waals surface area contributed by atoms with Gasteiger partial charge in [-0.05, 0) is 11.8 Å². The Balaban J connectivity index is 1.85. The number of hydrogen-bond acceptors (Lipinski definition) is 1. The smallest absolute Gasteiger partial charge is 0.102 e. The molecule has 0 bridgehead atoms. The van der Waals surface area contributed by atoms with Crippen molar-refractivity contribution in [1.82, 2.24) is 0 Å². The maximum absolute atomic E-state index is 4.54. The van der Waals surface area contributed by atoms with E-state index < -0.39 is 0 Å². The molecule has 0 amide bonds. The van der Waals surface area contributed by atoms with Crippen molar-refractivity contribution in [2.24, 2.45) is 23.7 Å². The molecule has 0 aromatic rings. The van der Waals surface area contributed by atoms with Gasteiger partial charge in [-0.1, -0.05) is 6.92 Å². The van der Waals surface area contributed by atoms with E-state index in [1.54, 1.807) is 0 Å². The Hall–Kier alpha value is 0.310. The molecule has 0 spiro atoms. The zero-order valence-electron chi connectivity index (χ0n) is 6.25. The highest BCUT2D eigenvalue weighted by Gasteiger charge is 2.67. The molecule has 1 aliphatic heterocycles. The Bertz CT molecular complexity index is 180. The summed E-state index contributed by atoms with van der Waals surface area (Å²) < 4.78 is 1.52. The normalized spacial score (nSPS) is 70.2. The Morgan fingerprint density at radius 1 is 1.40 bits per heavy atom. The van der Waals surface area contributed by atoms with E-state index in [0.29, 0.717) is 0 Å². The average Bonchev–Trinajstić information content (AvgIpc) is 2.69. The average molecular weight is 156 g/mol. The highest BCUT2D eigenvalue weighted by Crippen LogP contribution is 2.59. The summed E-state index contributed by atoms with van der Waals surface area (Å²) in [5, 5.41) is 0. The lowest BCUT2D eigenvalue weighted by molar-refractivity contribution is -0.773. The molecule has 56 valence electrons. The molecule has 0 aromatic heterocycles. The molecular formula is C8H14NS+. The minimum atomic E-state index is 0.953. The van der Waals surface area contributed by atoms with Crippen LogP contribution in [0, 0.1) is 23.7 Å². The molecule has 0 aromatic carbocycles. The number of hydrogen-bond donors (Lipinski definition) is 2. The molecule has 6 unspecified atom stereocenters. The van der Waals surface area contributed by atoms with Crippen LogP contribution >= 0.6 is 12.8 Å². The lowest BCUT2D eigenvalue weighted by atomic mass is 10.1. The number of thiol groups is 1. The lowest BCUT2D eigenvalue weighted by Crippen LogP contribution is -3.06. The van der Waals surface area contributed by atoms with Crippen LogP contribution in [0.3, 0.4) is 0 Å². The summed E-state index contributed by atoms with van der Waals surface area (Å²) in [4.78, 5) is 0. The van der Waals surface area contributed by atoms with Crippen molar-refractivity contribution in [2.45, 2.75) is 19.4 Å². The standard InChI is InChI=1S/C8H13NS/c1-4-6-3-9(10)7-2-5(7)8(4)6/h4-8,10H,2-3H2,1H3/p+1. The quantitative estimate of drug-likeness (QED) is 0.455. The molecule has 1 nitrogen and oxygen atoms in total. The lowest BCUT2D eigenvalue weighted by Gasteiger charge is -2.14. The molecule has 6 atom stereocenters. The van der Waals surface area contributed by atoms with E-state index in [9.17, 15) is 0 Å². The third-order valence-electron chi connectivity index (χ3n) is 3.84. The van der Waals surface area contributed by atoms with Crippen molar-refractivity contribution in [3.63, 3.8) is 0 Å². The van der Waals surface area contributed by atoms with E-state index >= 15 is 0 Å². The van der Waals surface area contributed by atoms with Crippen LogP contribution in [0.1, 0.15) is 13.3 Å². The SMILES string of the molecule is CC1C2C[NH+](S)C3CC3C12. The molecule has 3 aliphatic rings. The second-order valence-corrected chi connectivity index (χ2v) is 4.88. The summed E-state index contributed by atoms with van der Waals surface area (Å²) in [5.41, 5.74) is 0. The maximum Gasteiger partial charge on any atom is 0.102 e. The molecular weight excluding hydrogens is 142 g/mol. The van der Waals surface area contributed by atoms with Crippen LogP contribution < -0.4 is 4.31 Å². The topological polar surface area (TPSA) is 4.44 Å². The van der Waals surface area contributed by atoms with Crippen molar-refractivity contribution in [3.8, 4) is 0 Å². The summed E-state index contributed by atoms with van der Waals surface area (Å²) >= 11 is 4.54. The van der Waals surface area contributed by atoms with Crippen molar-refractivity contribution in [2.75, 3.05) is 6.54 Å². The number of rotatable bonds is 0. The maximum atomic E-state index is 4.54. The Morgan fingerprint density at radius 3 is 3.00 bits per heavy atom. The van der Waals surface area contributed by atoms with Gasteiger partial charge in [-0.15, -0.1) is 0 Å². The van der Waals surface area contributed by atoms with Gasteiger partial charge in [-0.2, -0.15) is 0 Å². The molecule has 3 fully saturated rings. The Morgan fingerprint density at radius 2 is 2.20 bits per heavy atom. The van der Waals surface area contributed by atoms with Crippen molar-refractivity contribution >= 4 is 12.8 Å². The van der Waals surface area contributed by atoms with Gasteiger partial charge in [0, 0.05) is 18.3 Å². The van der Waals surface area contributed by atoms with Gasteiger partial charge in [0.15, 0.2) is 0 Å². The monoisotopic (exact) mass is 156 g/mol. The fourth-order valence-electron chi connectivity index (χ4n) is 3.03. The first kappa shape index (κ1) is 5.90. The molecule has 1 saturated heterocycles. The number of nitrogens with one attached hydrogen (secondary N) is 1. The van der Waals surface area contributed by atoms with Crippen LogP contribution in [0.2, 0.25) is 0 Å². The molecule has 2 aliphatic carbocycles. The first-order chi connectivity index (χ1) is 4.79. The fourth-order valence-corrected chi connectivity index (χ4v) is 3.53. The summed E-state index contributed by atoms with van der Waals surface area (Å²) in [5.74, 6) is 4.30. The van der Waals surface area contributed by atoms with Crippen LogP contribution in [-0.4, -0.2) is 12.6 Å². The predicted octanol–water partition coefficient (Wildman–Crippen LogP) is 0.000300. The summed E-state index contributed by atoms with van der Waals surface area (Å²) in [7, 11) is 0. The highest BCUT2D eigenvalue weighted by atomic mass is 32.1. The third-order valence-corrected chi connectivity index (χ3v) is 4.36. The minimum Gasteiger partial charge on any atom is -0.273 e. The van der Waals surface area contributed by atoms with E-state index in [1.807, 2.05) is 0 Å². The Kier molecular flexibility index (Phi) is 0.919. The molecule has 10 heavy (non-hydrogen) atoms. The summed E-state index contributed by atoms with van der Waals surface area (Å²) in [6, 6.07) is 0.953. The molecule has 2 saturated carbocycles. The third kappa shape index (κ3) is 0.554. The summed E-state index contributed by atoms with van der Waals surface area (Å²) in [6.07, 6.45) is 1.48. The zero-order valence-corrected chi connectivity index (χ0v) is 7.14. The van der Waals surface area contributed by atoms with Gasteiger partial charge < -0.3 is 0 Å². The molecule has 1 heterocycles. The number of fused-ring (bicyclic) bond motifs is 3. The van der Waals surface area contributed by atoms with E-state index in [2.05, 4.69) is 19.7 Å². The largest absolute Gasteiger partial charge is 0.273 e. The Labute approximate surface area is 67.3 Å². The van der Waals surface area contributed by atoms with Crippen molar-refractivity contribution in [1.29, 1.82) is 0 Å². The first-order valence-corrected chi connectivity index (χ1v) is 4.78. The highest BCUT2D eigenvalue weighted by molar-refractivity contribution is 7.73. The first-order valence-electron chi connectivity index (χ1n) is 4.33. The number of piperidine rings is 1. The minimum absolute atomic E-state index is 0.953. The predicted molar refractivity (Wildman–Crippen MR) is 42.9 cm³/mol. The molecule has 1 N–H and O–H groups in total. The van der Waals surface area contributed by atoms with Gasteiger partial charge in [-0.25, -0.2) is 0 Å². The molecule has 2 heteroatoms. The van der Waals surface area contributed by atoms with E-state index in [-0.39, 0.29) is 0 Å². The van der Waals surface area contributed by atoms with Crippen LogP contribution in [0.25, 0.3) is 0 Å². The zero-order chi connectivity index (χ0) is 6.88. The van der Waals surface area contributed by atoms with Crippen LogP contribution in [-0.2, 0) is 0 Å². The van der Waals surface area contributed by atoms with E-state index in [4.69, 9.17) is 0 Å². The van der Waals surface area contributed by atoms with Crippen molar-refractivity contribution < 1.29 is 4.31 Å². The van der Waals surface area contributed by atoms with Crippen LogP contribution in [0.4, 0.5) is 0 Å². The van der Waals surface area contributed by atoms with Gasteiger partial charge in [0.2, 0.25) is 0 Å². The van der Waals surface area contributed by atoms with Gasteiger partial charge in [-0.3, -0.25) is 4.31 Å². The number of quaternary nitrogens is 1. The molecule has 3 rings (SSSR count).